The molecule has 0 unspecified atom stereocenters. The topological polar surface area (TPSA) is 42.0 Å². The van der Waals surface area contributed by atoms with Crippen molar-refractivity contribution in [1.82, 2.24) is 10.3 Å². The van der Waals surface area contributed by atoms with Crippen LogP contribution in [0.3, 0.4) is 0 Å². The fourth-order valence-corrected chi connectivity index (χ4v) is 2.98. The largest absolute Gasteiger partial charge is 0.350 e. The number of rotatable bonds is 4. The first-order chi connectivity index (χ1) is 10.0. The number of nitrogens with zero attached hydrogens (tertiary/aromatic N) is 1. The molecular formula is C17H19ClN2O. The van der Waals surface area contributed by atoms with Gasteiger partial charge in [-0.3, -0.25) is 4.79 Å². The molecule has 1 aromatic carbocycles. The summed E-state index contributed by atoms with van der Waals surface area (Å²) in [5.74, 6) is 0.445. The molecule has 3 nitrogen and oxygen atoms in total. The molecule has 2 aromatic rings. The molecule has 0 radical (unpaired) electrons. The van der Waals surface area contributed by atoms with Crippen LogP contribution in [-0.4, -0.2) is 17.4 Å². The molecule has 1 saturated carbocycles. The van der Waals surface area contributed by atoms with Crippen molar-refractivity contribution in [2.24, 2.45) is 11.3 Å². The van der Waals surface area contributed by atoms with E-state index in [0.717, 1.165) is 17.4 Å². The van der Waals surface area contributed by atoms with Gasteiger partial charge in [-0.2, -0.15) is 0 Å². The van der Waals surface area contributed by atoms with Gasteiger partial charge in [0, 0.05) is 11.9 Å². The van der Waals surface area contributed by atoms with Crippen LogP contribution in [0, 0.1) is 11.3 Å². The lowest BCUT2D eigenvalue weighted by atomic mass is 9.92. The number of para-hydroxylation sites is 1. The summed E-state index contributed by atoms with van der Waals surface area (Å²) < 4.78 is 0. The quantitative estimate of drug-likeness (QED) is 0.925. The number of hydrogen-bond donors (Lipinski definition) is 1. The minimum absolute atomic E-state index is 0.144. The van der Waals surface area contributed by atoms with Gasteiger partial charge in [0.15, 0.2) is 0 Å². The molecule has 3 rings (SSSR count). The summed E-state index contributed by atoms with van der Waals surface area (Å²) >= 11 is 6.24. The molecule has 1 aliphatic rings. The van der Waals surface area contributed by atoms with Crippen LogP contribution in [0.5, 0.6) is 0 Å². The van der Waals surface area contributed by atoms with Crippen LogP contribution in [0.25, 0.3) is 10.9 Å². The average molecular weight is 303 g/mol. The maximum absolute atomic E-state index is 12.3. The van der Waals surface area contributed by atoms with Crippen molar-refractivity contribution in [2.45, 2.75) is 26.7 Å². The van der Waals surface area contributed by atoms with E-state index in [1.807, 2.05) is 24.3 Å². The van der Waals surface area contributed by atoms with Crippen molar-refractivity contribution >= 4 is 28.4 Å². The van der Waals surface area contributed by atoms with Gasteiger partial charge < -0.3 is 5.32 Å². The van der Waals surface area contributed by atoms with Crippen molar-refractivity contribution in [3.05, 3.63) is 41.0 Å². The van der Waals surface area contributed by atoms with E-state index in [0.29, 0.717) is 16.6 Å². The number of carbonyl (C=O) groups is 1. The molecule has 1 fully saturated rings. The highest BCUT2D eigenvalue weighted by molar-refractivity contribution is 6.35. The molecule has 110 valence electrons. The third-order valence-corrected chi connectivity index (χ3v) is 4.93. The molecule has 1 heterocycles. The van der Waals surface area contributed by atoms with E-state index in [1.165, 1.54) is 12.8 Å². The van der Waals surface area contributed by atoms with E-state index < -0.39 is 0 Å². The number of fused-ring (bicyclic) bond motifs is 1. The Morgan fingerprint density at radius 1 is 1.38 bits per heavy atom. The zero-order valence-corrected chi connectivity index (χ0v) is 13.1. The molecule has 21 heavy (non-hydrogen) atoms. The fourth-order valence-electron chi connectivity index (χ4n) is 2.71. The Bertz CT molecular complexity index is 692. The number of carbonyl (C=O) groups excluding carboxylic acids is 1. The van der Waals surface area contributed by atoms with Gasteiger partial charge in [0.2, 0.25) is 0 Å². The Hall–Kier alpha value is -1.61. The van der Waals surface area contributed by atoms with Crippen molar-refractivity contribution in [1.29, 1.82) is 0 Å². The smallest absolute Gasteiger partial charge is 0.269 e. The summed E-state index contributed by atoms with van der Waals surface area (Å²) in [7, 11) is 0. The number of aromatic nitrogens is 1. The number of halogens is 1. The second kappa shape index (κ2) is 5.30. The molecule has 1 aromatic heterocycles. The van der Waals surface area contributed by atoms with Crippen LogP contribution in [0.2, 0.25) is 5.02 Å². The number of hydrogen-bond acceptors (Lipinski definition) is 2. The first-order valence-corrected chi connectivity index (χ1v) is 7.73. The maximum Gasteiger partial charge on any atom is 0.269 e. The fraction of sp³-hybridized carbons (Fsp3) is 0.412. The zero-order valence-electron chi connectivity index (χ0n) is 12.3. The van der Waals surface area contributed by atoms with Crippen molar-refractivity contribution < 1.29 is 4.79 Å². The number of nitrogens with one attached hydrogen (secondary N) is 1. The van der Waals surface area contributed by atoms with Gasteiger partial charge in [0.25, 0.3) is 5.91 Å². The first-order valence-electron chi connectivity index (χ1n) is 7.35. The normalized spacial score (nSPS) is 16.2. The molecule has 1 aliphatic carbocycles. The summed E-state index contributed by atoms with van der Waals surface area (Å²) in [6.45, 7) is 5.14. The third kappa shape index (κ3) is 2.75. The Balaban J connectivity index is 1.79. The minimum atomic E-state index is -0.144. The molecular weight excluding hydrogens is 284 g/mol. The standard InChI is InChI=1S/C17H19ClN2O/c1-11(2)17(7-8-17)10-19-16(21)15-9-13(18)12-5-3-4-6-14(12)20-15/h3-6,9,11H,7-8,10H2,1-2H3,(H,19,21). The van der Waals surface area contributed by atoms with Crippen LogP contribution < -0.4 is 5.32 Å². The highest BCUT2D eigenvalue weighted by Crippen LogP contribution is 2.51. The van der Waals surface area contributed by atoms with Crippen LogP contribution in [0.15, 0.2) is 30.3 Å². The van der Waals surface area contributed by atoms with Crippen LogP contribution >= 0.6 is 11.6 Å². The average Bonchev–Trinajstić information content (AvgIpc) is 3.26. The van der Waals surface area contributed by atoms with E-state index in [2.05, 4.69) is 24.1 Å². The van der Waals surface area contributed by atoms with Crippen LogP contribution in [-0.2, 0) is 0 Å². The van der Waals surface area contributed by atoms with E-state index >= 15 is 0 Å². The minimum Gasteiger partial charge on any atom is -0.350 e. The van der Waals surface area contributed by atoms with Gasteiger partial charge in [-0.1, -0.05) is 43.6 Å². The van der Waals surface area contributed by atoms with Crippen molar-refractivity contribution in [3.63, 3.8) is 0 Å². The lowest BCUT2D eigenvalue weighted by Crippen LogP contribution is -2.33. The molecule has 0 saturated heterocycles. The highest BCUT2D eigenvalue weighted by atomic mass is 35.5. The zero-order chi connectivity index (χ0) is 15.0. The number of benzene rings is 1. The van der Waals surface area contributed by atoms with Gasteiger partial charge in [0.1, 0.15) is 5.69 Å². The van der Waals surface area contributed by atoms with Crippen molar-refractivity contribution in [3.8, 4) is 0 Å². The van der Waals surface area contributed by atoms with Gasteiger partial charge in [0.05, 0.1) is 10.5 Å². The van der Waals surface area contributed by atoms with Crippen LogP contribution in [0.1, 0.15) is 37.2 Å². The summed E-state index contributed by atoms with van der Waals surface area (Å²) in [6, 6.07) is 9.23. The van der Waals surface area contributed by atoms with Crippen molar-refractivity contribution in [2.75, 3.05) is 6.54 Å². The Morgan fingerprint density at radius 2 is 2.10 bits per heavy atom. The summed E-state index contributed by atoms with van der Waals surface area (Å²) in [4.78, 5) is 16.7. The number of amides is 1. The van der Waals surface area contributed by atoms with E-state index in [9.17, 15) is 4.79 Å². The first kappa shape index (κ1) is 14.3. The van der Waals surface area contributed by atoms with Gasteiger partial charge in [-0.15, -0.1) is 0 Å². The third-order valence-electron chi connectivity index (χ3n) is 4.62. The lowest BCUT2D eigenvalue weighted by molar-refractivity contribution is 0.0935. The van der Waals surface area contributed by atoms with Crippen LogP contribution in [0.4, 0.5) is 0 Å². The second-order valence-corrected chi connectivity index (χ2v) is 6.61. The molecule has 0 aliphatic heterocycles. The monoisotopic (exact) mass is 302 g/mol. The predicted molar refractivity (Wildman–Crippen MR) is 85.6 cm³/mol. The molecule has 0 atom stereocenters. The molecule has 1 N–H and O–H groups in total. The molecule has 0 bridgehead atoms. The van der Waals surface area contributed by atoms with Gasteiger partial charge in [-0.05, 0) is 36.3 Å². The molecule has 4 heteroatoms. The molecule has 1 amide bonds. The van der Waals surface area contributed by atoms with Gasteiger partial charge >= 0.3 is 0 Å². The van der Waals surface area contributed by atoms with E-state index in [1.54, 1.807) is 6.07 Å². The Morgan fingerprint density at radius 3 is 2.76 bits per heavy atom. The predicted octanol–water partition coefficient (Wildman–Crippen LogP) is 4.05. The number of pyridine rings is 1. The van der Waals surface area contributed by atoms with Gasteiger partial charge in [-0.25, -0.2) is 4.98 Å². The van der Waals surface area contributed by atoms with E-state index in [4.69, 9.17) is 11.6 Å². The SMILES string of the molecule is CC(C)C1(CNC(=O)c2cc(Cl)c3ccccc3n2)CC1. The highest BCUT2D eigenvalue weighted by Gasteiger charge is 2.45. The second-order valence-electron chi connectivity index (χ2n) is 6.21. The summed E-state index contributed by atoms with van der Waals surface area (Å²) in [6.07, 6.45) is 2.38. The lowest BCUT2D eigenvalue weighted by Gasteiger charge is -2.19. The summed E-state index contributed by atoms with van der Waals surface area (Å²) in [5, 5.41) is 4.45. The summed E-state index contributed by atoms with van der Waals surface area (Å²) in [5.41, 5.74) is 1.43. The Labute approximate surface area is 129 Å². The maximum atomic E-state index is 12.3. The molecule has 0 spiro atoms. The Kier molecular flexibility index (Phi) is 3.62. The van der Waals surface area contributed by atoms with E-state index in [-0.39, 0.29) is 11.3 Å².